The van der Waals surface area contributed by atoms with E-state index in [0.29, 0.717) is 6.54 Å². The Morgan fingerprint density at radius 3 is 2.88 bits per heavy atom. The number of nitrogen functional groups attached to an aromatic ring is 1. The molecule has 2 aromatic rings. The topological polar surface area (TPSA) is 43.8 Å². The van der Waals surface area contributed by atoms with Crippen molar-refractivity contribution in [3.05, 3.63) is 46.1 Å². The van der Waals surface area contributed by atoms with Gasteiger partial charge >= 0.3 is 0 Å². The quantitative estimate of drug-likeness (QED) is 0.887. The van der Waals surface area contributed by atoms with E-state index in [1.165, 1.54) is 12.0 Å². The number of nitrogens with zero attached hydrogens (tertiary/aromatic N) is 2. The number of benzene rings is 1. The largest absolute Gasteiger partial charge is 0.384 e. The highest BCUT2D eigenvalue weighted by Crippen LogP contribution is 2.27. The molecule has 0 atom stereocenters. The van der Waals surface area contributed by atoms with Gasteiger partial charge in [0.05, 0.1) is 12.2 Å². The van der Waals surface area contributed by atoms with E-state index in [4.69, 9.17) is 17.3 Å². The van der Waals surface area contributed by atoms with Gasteiger partial charge < -0.3 is 5.73 Å². The van der Waals surface area contributed by atoms with Crippen LogP contribution in [0, 0.1) is 0 Å². The molecule has 1 aliphatic carbocycles. The molecular formula is C13H14ClN3. The molecular weight excluding hydrogens is 234 g/mol. The second-order valence-corrected chi connectivity index (χ2v) is 4.82. The van der Waals surface area contributed by atoms with Crippen molar-refractivity contribution >= 4 is 17.4 Å². The molecule has 3 rings (SSSR count). The molecule has 0 amide bonds. The van der Waals surface area contributed by atoms with Crippen molar-refractivity contribution in [2.24, 2.45) is 0 Å². The van der Waals surface area contributed by atoms with E-state index in [9.17, 15) is 0 Å². The zero-order chi connectivity index (χ0) is 11.8. The van der Waals surface area contributed by atoms with Crippen LogP contribution in [0.4, 0.5) is 5.82 Å². The molecule has 88 valence electrons. The number of fused-ring (bicyclic) bond motifs is 1. The molecule has 0 bridgehead atoms. The Morgan fingerprint density at radius 1 is 1.29 bits per heavy atom. The van der Waals surface area contributed by atoms with Crippen LogP contribution in [0.5, 0.6) is 0 Å². The van der Waals surface area contributed by atoms with Crippen molar-refractivity contribution in [2.45, 2.75) is 25.8 Å². The minimum Gasteiger partial charge on any atom is -0.384 e. The summed E-state index contributed by atoms with van der Waals surface area (Å²) in [6, 6.07) is 7.81. The number of hydrogen-bond acceptors (Lipinski definition) is 2. The number of hydrogen-bond donors (Lipinski definition) is 1. The van der Waals surface area contributed by atoms with Gasteiger partial charge in [0.2, 0.25) is 0 Å². The van der Waals surface area contributed by atoms with Crippen LogP contribution in [0.3, 0.4) is 0 Å². The van der Waals surface area contributed by atoms with Crippen molar-refractivity contribution in [1.29, 1.82) is 0 Å². The molecule has 4 heteroatoms. The first kappa shape index (κ1) is 10.7. The summed E-state index contributed by atoms with van der Waals surface area (Å²) in [4.78, 5) is 0. The Balaban J connectivity index is 1.94. The Hall–Kier alpha value is -1.48. The second-order valence-electron chi connectivity index (χ2n) is 4.41. The summed E-state index contributed by atoms with van der Waals surface area (Å²) in [5.41, 5.74) is 9.56. The molecule has 2 N–H and O–H groups in total. The molecule has 0 saturated heterocycles. The smallest absolute Gasteiger partial charge is 0.125 e. The lowest BCUT2D eigenvalue weighted by Gasteiger charge is -2.07. The fourth-order valence-corrected chi connectivity index (χ4v) is 2.57. The summed E-state index contributed by atoms with van der Waals surface area (Å²) in [7, 11) is 0. The summed E-state index contributed by atoms with van der Waals surface area (Å²) < 4.78 is 1.87. The van der Waals surface area contributed by atoms with Gasteiger partial charge in [-0.1, -0.05) is 29.8 Å². The van der Waals surface area contributed by atoms with Crippen molar-refractivity contribution in [1.82, 2.24) is 9.78 Å². The highest BCUT2D eigenvalue weighted by atomic mass is 35.5. The lowest BCUT2D eigenvalue weighted by atomic mass is 10.2. The molecule has 1 heterocycles. The van der Waals surface area contributed by atoms with E-state index in [-0.39, 0.29) is 0 Å². The summed E-state index contributed by atoms with van der Waals surface area (Å²) in [5.74, 6) is 0.803. The van der Waals surface area contributed by atoms with Crippen LogP contribution in [-0.4, -0.2) is 9.78 Å². The van der Waals surface area contributed by atoms with Crippen LogP contribution in [0.1, 0.15) is 23.2 Å². The van der Waals surface area contributed by atoms with E-state index in [1.807, 2.05) is 28.9 Å². The van der Waals surface area contributed by atoms with Gasteiger partial charge in [0, 0.05) is 10.6 Å². The van der Waals surface area contributed by atoms with Crippen molar-refractivity contribution in [3.63, 3.8) is 0 Å². The van der Waals surface area contributed by atoms with Gasteiger partial charge in [0.25, 0.3) is 0 Å². The average Bonchev–Trinajstić information content (AvgIpc) is 2.87. The standard InChI is InChI=1S/C13H14ClN3/c14-11-6-2-1-4-9(11)8-17-13(15)10-5-3-7-12(10)16-17/h1-2,4,6H,3,5,7-8,15H2. The Morgan fingerprint density at radius 2 is 2.12 bits per heavy atom. The van der Waals surface area contributed by atoms with Crippen molar-refractivity contribution in [2.75, 3.05) is 5.73 Å². The third kappa shape index (κ3) is 1.80. The Labute approximate surface area is 105 Å². The molecule has 0 unspecified atom stereocenters. The molecule has 1 aromatic heterocycles. The highest BCUT2D eigenvalue weighted by Gasteiger charge is 2.20. The number of nitrogens with two attached hydrogens (primary N) is 1. The molecule has 0 fully saturated rings. The zero-order valence-electron chi connectivity index (χ0n) is 9.49. The van der Waals surface area contributed by atoms with Gasteiger partial charge in [-0.3, -0.25) is 0 Å². The molecule has 0 radical (unpaired) electrons. The van der Waals surface area contributed by atoms with Gasteiger partial charge in [0.1, 0.15) is 5.82 Å². The summed E-state index contributed by atoms with van der Waals surface area (Å²) >= 11 is 6.14. The first-order valence-electron chi connectivity index (χ1n) is 5.83. The molecule has 3 nitrogen and oxygen atoms in total. The lowest BCUT2D eigenvalue weighted by molar-refractivity contribution is 0.673. The number of anilines is 1. The van der Waals surface area contributed by atoms with Crippen LogP contribution < -0.4 is 5.73 Å². The van der Waals surface area contributed by atoms with E-state index in [1.54, 1.807) is 0 Å². The highest BCUT2D eigenvalue weighted by molar-refractivity contribution is 6.31. The lowest BCUT2D eigenvalue weighted by Crippen LogP contribution is -2.07. The maximum atomic E-state index is 6.14. The summed E-state index contributed by atoms with van der Waals surface area (Å²) in [6.45, 7) is 0.651. The molecule has 1 aliphatic rings. The van der Waals surface area contributed by atoms with Crippen LogP contribution in [0.25, 0.3) is 0 Å². The third-order valence-electron chi connectivity index (χ3n) is 3.30. The molecule has 1 aromatic carbocycles. The predicted molar refractivity (Wildman–Crippen MR) is 69.2 cm³/mol. The van der Waals surface area contributed by atoms with Crippen LogP contribution >= 0.6 is 11.6 Å². The normalized spacial score (nSPS) is 13.9. The van der Waals surface area contributed by atoms with E-state index < -0.39 is 0 Å². The monoisotopic (exact) mass is 247 g/mol. The van der Waals surface area contributed by atoms with Crippen LogP contribution in [0.15, 0.2) is 24.3 Å². The predicted octanol–water partition coefficient (Wildman–Crippen LogP) is 2.66. The SMILES string of the molecule is Nc1c2c(nn1Cc1ccccc1Cl)CCC2. The first-order chi connectivity index (χ1) is 8.25. The maximum Gasteiger partial charge on any atom is 0.125 e. The fourth-order valence-electron chi connectivity index (χ4n) is 2.38. The van der Waals surface area contributed by atoms with Crippen molar-refractivity contribution < 1.29 is 0 Å². The van der Waals surface area contributed by atoms with Gasteiger partial charge in [-0.05, 0) is 30.9 Å². The summed E-state index contributed by atoms with van der Waals surface area (Å²) in [5, 5.41) is 5.33. The number of rotatable bonds is 2. The van der Waals surface area contributed by atoms with Crippen LogP contribution in [0.2, 0.25) is 5.02 Å². The molecule has 0 saturated carbocycles. The Bertz CT molecular complexity index is 560. The molecule has 17 heavy (non-hydrogen) atoms. The van der Waals surface area contributed by atoms with Crippen molar-refractivity contribution in [3.8, 4) is 0 Å². The van der Waals surface area contributed by atoms with Gasteiger partial charge in [0.15, 0.2) is 0 Å². The van der Waals surface area contributed by atoms with E-state index in [0.717, 1.165) is 34.9 Å². The average molecular weight is 248 g/mol. The van der Waals surface area contributed by atoms with Gasteiger partial charge in [-0.25, -0.2) is 4.68 Å². The van der Waals surface area contributed by atoms with Gasteiger partial charge in [-0.15, -0.1) is 0 Å². The Kier molecular flexibility index (Phi) is 2.56. The minimum atomic E-state index is 0.651. The maximum absolute atomic E-state index is 6.14. The fraction of sp³-hybridized carbons (Fsp3) is 0.308. The summed E-state index contributed by atoms with van der Waals surface area (Å²) in [6.07, 6.45) is 3.29. The van der Waals surface area contributed by atoms with E-state index >= 15 is 0 Å². The van der Waals surface area contributed by atoms with E-state index in [2.05, 4.69) is 5.10 Å². The third-order valence-corrected chi connectivity index (χ3v) is 3.66. The number of aryl methyl sites for hydroxylation is 1. The minimum absolute atomic E-state index is 0.651. The van der Waals surface area contributed by atoms with Gasteiger partial charge in [-0.2, -0.15) is 5.10 Å². The number of halogens is 1. The second kappa shape index (κ2) is 4.08. The zero-order valence-corrected chi connectivity index (χ0v) is 10.2. The van der Waals surface area contributed by atoms with Crippen LogP contribution in [-0.2, 0) is 19.4 Å². The molecule has 0 spiro atoms. The number of aromatic nitrogens is 2. The first-order valence-corrected chi connectivity index (χ1v) is 6.21. The molecule has 0 aliphatic heterocycles.